The molecule has 2 rings (SSSR count). The number of nitrogens with zero attached hydrogens (tertiary/aromatic N) is 1. The molecule has 0 radical (unpaired) electrons. The first kappa shape index (κ1) is 16.5. The van der Waals surface area contributed by atoms with E-state index in [9.17, 15) is 14.9 Å². The van der Waals surface area contributed by atoms with Crippen LogP contribution in [0.3, 0.4) is 0 Å². The molecule has 0 aliphatic carbocycles. The van der Waals surface area contributed by atoms with Crippen LogP contribution in [-0.4, -0.2) is 17.5 Å². The summed E-state index contributed by atoms with van der Waals surface area (Å²) in [6, 6.07) is 13.7. The summed E-state index contributed by atoms with van der Waals surface area (Å²) in [6.45, 7) is 2.63. The number of nitro groups is 1. The minimum Gasteiger partial charge on any atom is -0.338 e. The van der Waals surface area contributed by atoms with Crippen molar-refractivity contribution >= 4 is 17.4 Å². The third kappa shape index (κ3) is 5.10. The SMILES string of the molecule is CCc1ccc(CCNC(=O)Nc2ccc([N+](=O)[O-])cc2)cc1. The Morgan fingerprint density at radius 2 is 1.65 bits per heavy atom. The Balaban J connectivity index is 1.77. The van der Waals surface area contributed by atoms with Gasteiger partial charge in [-0.15, -0.1) is 0 Å². The van der Waals surface area contributed by atoms with Gasteiger partial charge in [-0.25, -0.2) is 4.79 Å². The molecule has 0 heterocycles. The molecule has 2 aromatic rings. The van der Waals surface area contributed by atoms with Crippen LogP contribution >= 0.6 is 0 Å². The number of non-ortho nitro benzene ring substituents is 1. The minimum absolute atomic E-state index is 0.00788. The number of carbonyl (C=O) groups excluding carboxylic acids is 1. The van der Waals surface area contributed by atoms with Crippen LogP contribution in [0.4, 0.5) is 16.2 Å². The van der Waals surface area contributed by atoms with Gasteiger partial charge in [-0.2, -0.15) is 0 Å². The zero-order valence-corrected chi connectivity index (χ0v) is 12.9. The van der Waals surface area contributed by atoms with Crippen LogP contribution in [0.1, 0.15) is 18.1 Å². The molecular formula is C17H19N3O3. The average molecular weight is 313 g/mol. The maximum absolute atomic E-state index is 11.8. The summed E-state index contributed by atoms with van der Waals surface area (Å²) in [5.74, 6) is 0. The van der Waals surface area contributed by atoms with E-state index in [0.717, 1.165) is 18.4 Å². The van der Waals surface area contributed by atoms with Gasteiger partial charge in [0, 0.05) is 24.4 Å². The molecule has 0 unspecified atom stereocenters. The number of anilines is 1. The number of amides is 2. The number of urea groups is 1. The fourth-order valence-corrected chi connectivity index (χ4v) is 2.10. The van der Waals surface area contributed by atoms with Crippen LogP contribution in [0.2, 0.25) is 0 Å². The number of hydrogen-bond donors (Lipinski definition) is 2. The van der Waals surface area contributed by atoms with Crippen LogP contribution in [0.25, 0.3) is 0 Å². The zero-order valence-electron chi connectivity index (χ0n) is 12.9. The molecule has 0 aliphatic rings. The lowest BCUT2D eigenvalue weighted by Gasteiger charge is -2.08. The molecule has 6 heteroatoms. The number of nitro benzene ring substituents is 1. The third-order valence-electron chi connectivity index (χ3n) is 3.47. The summed E-state index contributed by atoms with van der Waals surface area (Å²) in [7, 11) is 0. The van der Waals surface area contributed by atoms with Crippen molar-refractivity contribution in [1.82, 2.24) is 5.32 Å². The number of rotatable bonds is 6. The van der Waals surface area contributed by atoms with Crippen molar-refractivity contribution in [2.45, 2.75) is 19.8 Å². The van der Waals surface area contributed by atoms with Crippen LogP contribution < -0.4 is 10.6 Å². The van der Waals surface area contributed by atoms with Gasteiger partial charge in [0.25, 0.3) is 5.69 Å². The van der Waals surface area contributed by atoms with E-state index in [1.165, 1.54) is 29.8 Å². The Bertz CT molecular complexity index is 666. The highest BCUT2D eigenvalue weighted by molar-refractivity contribution is 5.89. The van der Waals surface area contributed by atoms with Gasteiger partial charge in [0.15, 0.2) is 0 Å². The molecule has 2 aromatic carbocycles. The van der Waals surface area contributed by atoms with Crippen molar-refractivity contribution in [2.75, 3.05) is 11.9 Å². The second kappa shape index (κ2) is 7.93. The van der Waals surface area contributed by atoms with Gasteiger partial charge in [0.05, 0.1) is 4.92 Å². The lowest BCUT2D eigenvalue weighted by Crippen LogP contribution is -2.30. The largest absolute Gasteiger partial charge is 0.338 e. The van der Waals surface area contributed by atoms with Crippen molar-refractivity contribution in [3.05, 3.63) is 69.8 Å². The molecule has 0 atom stereocenters. The molecular weight excluding hydrogens is 294 g/mol. The maximum Gasteiger partial charge on any atom is 0.319 e. The molecule has 0 bridgehead atoms. The quantitative estimate of drug-likeness (QED) is 0.632. The Hall–Kier alpha value is -2.89. The molecule has 0 saturated carbocycles. The number of aryl methyl sites for hydroxylation is 1. The first-order valence-corrected chi connectivity index (χ1v) is 7.45. The standard InChI is InChI=1S/C17H19N3O3/c1-2-13-3-5-14(6-4-13)11-12-18-17(21)19-15-7-9-16(10-8-15)20(22)23/h3-10H,2,11-12H2,1H3,(H2,18,19,21). The zero-order chi connectivity index (χ0) is 16.7. The van der Waals surface area contributed by atoms with Gasteiger partial charge in [-0.1, -0.05) is 31.2 Å². The highest BCUT2D eigenvalue weighted by Crippen LogP contribution is 2.15. The Morgan fingerprint density at radius 1 is 1.04 bits per heavy atom. The summed E-state index contributed by atoms with van der Waals surface area (Å²) in [5, 5.41) is 16.0. The van der Waals surface area contributed by atoms with E-state index in [2.05, 4.69) is 41.8 Å². The predicted molar refractivity (Wildman–Crippen MR) is 89.6 cm³/mol. The van der Waals surface area contributed by atoms with Gasteiger partial charge in [-0.05, 0) is 36.1 Å². The Kier molecular flexibility index (Phi) is 5.68. The summed E-state index contributed by atoms with van der Waals surface area (Å²) in [4.78, 5) is 21.8. The van der Waals surface area contributed by atoms with E-state index in [4.69, 9.17) is 0 Å². The second-order valence-electron chi connectivity index (χ2n) is 5.10. The molecule has 0 aromatic heterocycles. The first-order chi connectivity index (χ1) is 11.1. The minimum atomic E-state index is -0.479. The summed E-state index contributed by atoms with van der Waals surface area (Å²) in [5.41, 5.74) is 2.96. The third-order valence-corrected chi connectivity index (χ3v) is 3.47. The monoisotopic (exact) mass is 313 g/mol. The van der Waals surface area contributed by atoms with Gasteiger partial charge < -0.3 is 10.6 Å². The molecule has 2 amide bonds. The smallest absolute Gasteiger partial charge is 0.319 e. The number of hydrogen-bond acceptors (Lipinski definition) is 3. The van der Waals surface area contributed by atoms with Crippen LogP contribution in [0, 0.1) is 10.1 Å². The number of benzene rings is 2. The van der Waals surface area contributed by atoms with Gasteiger partial charge in [-0.3, -0.25) is 10.1 Å². The maximum atomic E-state index is 11.8. The average Bonchev–Trinajstić information content (AvgIpc) is 2.56. The van der Waals surface area contributed by atoms with Gasteiger partial charge in [0.2, 0.25) is 0 Å². The van der Waals surface area contributed by atoms with Crippen molar-refractivity contribution in [3.63, 3.8) is 0 Å². The fourth-order valence-electron chi connectivity index (χ4n) is 2.10. The van der Waals surface area contributed by atoms with Gasteiger partial charge in [0.1, 0.15) is 0 Å². The van der Waals surface area contributed by atoms with E-state index >= 15 is 0 Å². The molecule has 0 spiro atoms. The molecule has 23 heavy (non-hydrogen) atoms. The highest BCUT2D eigenvalue weighted by atomic mass is 16.6. The summed E-state index contributed by atoms with van der Waals surface area (Å²) in [6.07, 6.45) is 1.76. The fraction of sp³-hybridized carbons (Fsp3) is 0.235. The van der Waals surface area contributed by atoms with Crippen LogP contribution in [0.15, 0.2) is 48.5 Å². The van der Waals surface area contributed by atoms with Crippen molar-refractivity contribution < 1.29 is 9.72 Å². The molecule has 0 saturated heterocycles. The van der Waals surface area contributed by atoms with E-state index in [1.807, 2.05) is 0 Å². The van der Waals surface area contributed by atoms with E-state index in [-0.39, 0.29) is 11.7 Å². The number of nitrogens with one attached hydrogen (secondary N) is 2. The van der Waals surface area contributed by atoms with Gasteiger partial charge >= 0.3 is 6.03 Å². The van der Waals surface area contributed by atoms with Crippen molar-refractivity contribution in [3.8, 4) is 0 Å². The molecule has 0 fully saturated rings. The number of carbonyl (C=O) groups is 1. The highest BCUT2D eigenvalue weighted by Gasteiger charge is 2.06. The van der Waals surface area contributed by atoms with Crippen molar-refractivity contribution in [2.24, 2.45) is 0 Å². The molecule has 6 nitrogen and oxygen atoms in total. The van der Waals surface area contributed by atoms with E-state index < -0.39 is 4.92 Å². The molecule has 120 valence electrons. The Labute approximate surface area is 134 Å². The van der Waals surface area contributed by atoms with Crippen molar-refractivity contribution in [1.29, 1.82) is 0 Å². The normalized spacial score (nSPS) is 10.1. The van der Waals surface area contributed by atoms with E-state index in [1.54, 1.807) is 0 Å². The molecule has 0 aliphatic heterocycles. The molecule has 2 N–H and O–H groups in total. The topological polar surface area (TPSA) is 84.3 Å². The van der Waals surface area contributed by atoms with Crippen LogP contribution in [0.5, 0.6) is 0 Å². The summed E-state index contributed by atoms with van der Waals surface area (Å²) >= 11 is 0. The second-order valence-corrected chi connectivity index (χ2v) is 5.10. The van der Waals surface area contributed by atoms with Crippen LogP contribution in [-0.2, 0) is 12.8 Å². The lowest BCUT2D eigenvalue weighted by molar-refractivity contribution is -0.384. The summed E-state index contributed by atoms with van der Waals surface area (Å²) < 4.78 is 0. The van der Waals surface area contributed by atoms with E-state index in [0.29, 0.717) is 12.2 Å². The Morgan fingerprint density at radius 3 is 2.22 bits per heavy atom. The first-order valence-electron chi connectivity index (χ1n) is 7.45. The predicted octanol–water partition coefficient (Wildman–Crippen LogP) is 3.52. The lowest BCUT2D eigenvalue weighted by atomic mass is 10.1.